The Kier molecular flexibility index (Phi) is 13.3. The molecule has 1 atom stereocenters. The number of ether oxygens (including phenoxy) is 2. The maximum atomic E-state index is 10.6. The highest BCUT2D eigenvalue weighted by Gasteiger charge is 2.39. The number of fused-ring (bicyclic) bond motifs is 1. The monoisotopic (exact) mass is 572 g/mol. The van der Waals surface area contributed by atoms with Crippen molar-refractivity contribution in [1.29, 1.82) is 0 Å². The van der Waals surface area contributed by atoms with Crippen LogP contribution in [0.4, 0.5) is 26.3 Å². The fourth-order valence-electron chi connectivity index (χ4n) is 3.43. The zero-order valence-corrected chi connectivity index (χ0v) is 21.4. The molecule has 0 bridgehead atoms. The maximum absolute atomic E-state index is 10.6. The van der Waals surface area contributed by atoms with E-state index in [1.807, 2.05) is 38.4 Å². The molecular formula is C23H30F6N4O6. The van der Waals surface area contributed by atoms with E-state index in [4.69, 9.17) is 29.3 Å². The van der Waals surface area contributed by atoms with Crippen molar-refractivity contribution in [2.24, 2.45) is 7.05 Å². The summed E-state index contributed by atoms with van der Waals surface area (Å²) in [6.07, 6.45) is -8.26. The summed E-state index contributed by atoms with van der Waals surface area (Å²) >= 11 is 0. The second-order valence-corrected chi connectivity index (χ2v) is 8.21. The van der Waals surface area contributed by atoms with Crippen molar-refractivity contribution in [3.05, 3.63) is 47.3 Å². The Hall–Kier alpha value is -3.24. The molecule has 2 N–H and O–H groups in total. The van der Waals surface area contributed by atoms with Crippen LogP contribution in [0.1, 0.15) is 35.6 Å². The molecule has 1 aliphatic heterocycles. The van der Waals surface area contributed by atoms with E-state index in [1.165, 1.54) is 5.69 Å². The molecule has 0 radical (unpaired) electrons. The number of aromatic nitrogens is 3. The number of aliphatic carboxylic acids is 2. The van der Waals surface area contributed by atoms with Gasteiger partial charge in [0.1, 0.15) is 0 Å². The molecular weight excluding hydrogens is 542 g/mol. The molecule has 39 heavy (non-hydrogen) atoms. The first kappa shape index (κ1) is 33.8. The molecule has 0 aliphatic carbocycles. The second kappa shape index (κ2) is 15.4. The van der Waals surface area contributed by atoms with E-state index >= 15 is 0 Å². The van der Waals surface area contributed by atoms with E-state index in [0.29, 0.717) is 19.1 Å². The molecule has 1 aliphatic rings. The highest BCUT2D eigenvalue weighted by atomic mass is 19.4. The van der Waals surface area contributed by atoms with Gasteiger partial charge < -0.3 is 24.3 Å². The van der Waals surface area contributed by atoms with Crippen LogP contribution >= 0.6 is 0 Å². The topological polar surface area (TPSA) is 127 Å². The Balaban J connectivity index is 0.000000449. The summed E-state index contributed by atoms with van der Waals surface area (Å²) in [5.74, 6) is -5.19. The summed E-state index contributed by atoms with van der Waals surface area (Å²) in [6, 6.07) is 6.04. The van der Waals surface area contributed by atoms with Gasteiger partial charge in [0.25, 0.3) is 0 Å². The van der Waals surface area contributed by atoms with Crippen LogP contribution in [0.5, 0.6) is 0 Å². The van der Waals surface area contributed by atoms with Gasteiger partial charge in [0.2, 0.25) is 0 Å². The number of alkyl halides is 6. The van der Waals surface area contributed by atoms with E-state index < -0.39 is 24.3 Å². The number of nitrogens with zero attached hydrogens (tertiary/aromatic N) is 4. The molecule has 2 aromatic rings. The minimum absolute atomic E-state index is 0.322. The number of carbonyl (C=O) groups is 2. The van der Waals surface area contributed by atoms with Crippen LogP contribution in [0.25, 0.3) is 0 Å². The first-order valence-corrected chi connectivity index (χ1v) is 11.5. The number of pyridine rings is 1. The highest BCUT2D eigenvalue weighted by Crippen LogP contribution is 2.27. The Labute approximate surface area is 220 Å². The van der Waals surface area contributed by atoms with Gasteiger partial charge in [-0.25, -0.2) is 14.6 Å². The average Bonchev–Trinajstić information content (AvgIpc) is 3.19. The summed E-state index contributed by atoms with van der Waals surface area (Å²) in [6.45, 7) is 9.57. The van der Waals surface area contributed by atoms with Crippen molar-refractivity contribution in [3.63, 3.8) is 0 Å². The molecule has 0 aromatic carbocycles. The molecule has 0 amide bonds. The van der Waals surface area contributed by atoms with Gasteiger partial charge in [-0.3, -0.25) is 9.88 Å². The van der Waals surface area contributed by atoms with Gasteiger partial charge >= 0.3 is 24.3 Å². The van der Waals surface area contributed by atoms with Crippen molar-refractivity contribution in [2.75, 3.05) is 32.9 Å². The third kappa shape index (κ3) is 12.4. The van der Waals surface area contributed by atoms with Crippen molar-refractivity contribution >= 4 is 11.9 Å². The molecule has 2 aromatic heterocycles. The van der Waals surface area contributed by atoms with Crippen LogP contribution in [0.15, 0.2) is 24.5 Å². The summed E-state index contributed by atoms with van der Waals surface area (Å²) in [7, 11) is 2.07. The van der Waals surface area contributed by atoms with Gasteiger partial charge in [-0.2, -0.15) is 26.3 Å². The minimum atomic E-state index is -5.08. The smallest absolute Gasteiger partial charge is 0.475 e. The fourth-order valence-corrected chi connectivity index (χ4v) is 3.43. The third-order valence-electron chi connectivity index (χ3n) is 5.06. The lowest BCUT2D eigenvalue weighted by Crippen LogP contribution is -2.38. The zero-order valence-electron chi connectivity index (χ0n) is 21.4. The number of carboxylic acid groups (broad SMARTS) is 2. The number of hydrogen-bond donors (Lipinski definition) is 2. The quantitative estimate of drug-likeness (QED) is 0.361. The number of imidazole rings is 1. The Morgan fingerprint density at radius 1 is 1.08 bits per heavy atom. The van der Waals surface area contributed by atoms with Gasteiger partial charge in [0.05, 0.1) is 37.5 Å². The van der Waals surface area contributed by atoms with Crippen LogP contribution in [0.2, 0.25) is 0 Å². The lowest BCUT2D eigenvalue weighted by molar-refractivity contribution is -0.193. The van der Waals surface area contributed by atoms with Crippen LogP contribution < -0.4 is 0 Å². The molecule has 0 saturated carbocycles. The van der Waals surface area contributed by atoms with E-state index in [-0.39, 0.29) is 0 Å². The predicted molar refractivity (Wildman–Crippen MR) is 124 cm³/mol. The third-order valence-corrected chi connectivity index (χ3v) is 5.06. The predicted octanol–water partition coefficient (Wildman–Crippen LogP) is 3.54. The van der Waals surface area contributed by atoms with Gasteiger partial charge in [-0.15, -0.1) is 0 Å². The van der Waals surface area contributed by atoms with E-state index in [2.05, 4.69) is 26.5 Å². The standard InChI is InChI=1S/C19H28N4O2.2C2HF3O2/c1-4-24-9-8-23-10-16(19-18(11-23)20-14-22(19)3)12-25-13-17-7-5-6-15(2)21-17;2*3-2(4,5)1(6)7/h5-7,14,16H,4,8-13H2,1-3H3;2*(H,6,7). The van der Waals surface area contributed by atoms with Gasteiger partial charge in [0, 0.05) is 50.6 Å². The van der Waals surface area contributed by atoms with Crippen LogP contribution in [-0.4, -0.2) is 86.8 Å². The number of rotatable bonds is 8. The van der Waals surface area contributed by atoms with Gasteiger partial charge in [0.15, 0.2) is 0 Å². The number of carboxylic acids is 2. The van der Waals surface area contributed by atoms with Crippen molar-refractivity contribution in [1.82, 2.24) is 19.4 Å². The molecule has 3 rings (SSSR count). The Morgan fingerprint density at radius 3 is 2.18 bits per heavy atom. The van der Waals surface area contributed by atoms with E-state index in [1.54, 1.807) is 0 Å². The first-order valence-electron chi connectivity index (χ1n) is 11.5. The number of hydrogen-bond acceptors (Lipinski definition) is 7. The van der Waals surface area contributed by atoms with Crippen LogP contribution in [0.3, 0.4) is 0 Å². The van der Waals surface area contributed by atoms with Crippen molar-refractivity contribution < 1.29 is 55.6 Å². The van der Waals surface area contributed by atoms with Crippen LogP contribution in [-0.2, 0) is 39.3 Å². The molecule has 0 fully saturated rings. The number of halogens is 6. The Bertz CT molecular complexity index is 1040. The second-order valence-electron chi connectivity index (χ2n) is 8.21. The SMILES string of the molecule is CCOCCN1Cc2ncn(C)c2C(COCc2cccc(C)n2)C1.O=C(O)C(F)(F)F.O=C(O)C(F)(F)F. The summed E-state index contributed by atoms with van der Waals surface area (Å²) < 4.78 is 77.1. The van der Waals surface area contributed by atoms with E-state index in [0.717, 1.165) is 49.9 Å². The molecule has 220 valence electrons. The normalized spacial score (nSPS) is 15.4. The lowest BCUT2D eigenvalue weighted by atomic mass is 9.99. The number of aryl methyl sites for hydroxylation is 2. The van der Waals surface area contributed by atoms with Crippen molar-refractivity contribution in [2.45, 2.75) is 45.3 Å². The largest absolute Gasteiger partial charge is 0.490 e. The zero-order chi connectivity index (χ0) is 29.8. The molecule has 3 heterocycles. The van der Waals surface area contributed by atoms with Crippen molar-refractivity contribution in [3.8, 4) is 0 Å². The average molecular weight is 573 g/mol. The van der Waals surface area contributed by atoms with Gasteiger partial charge in [-0.05, 0) is 26.0 Å². The molecule has 0 spiro atoms. The van der Waals surface area contributed by atoms with E-state index in [9.17, 15) is 26.3 Å². The Morgan fingerprint density at radius 2 is 1.67 bits per heavy atom. The summed E-state index contributed by atoms with van der Waals surface area (Å²) in [5.41, 5.74) is 4.46. The van der Waals surface area contributed by atoms with Crippen LogP contribution in [0, 0.1) is 6.92 Å². The summed E-state index contributed by atoms with van der Waals surface area (Å²) in [4.78, 5) is 29.3. The lowest BCUT2D eigenvalue weighted by Gasteiger charge is -2.32. The first-order chi connectivity index (χ1) is 18.1. The molecule has 0 saturated heterocycles. The highest BCUT2D eigenvalue weighted by molar-refractivity contribution is 5.73. The summed E-state index contributed by atoms with van der Waals surface area (Å²) in [5, 5.41) is 14.2. The molecule has 10 nitrogen and oxygen atoms in total. The fraction of sp³-hybridized carbons (Fsp3) is 0.565. The maximum Gasteiger partial charge on any atom is 0.490 e. The van der Waals surface area contributed by atoms with Gasteiger partial charge in [-0.1, -0.05) is 6.07 Å². The minimum Gasteiger partial charge on any atom is -0.475 e. The molecule has 16 heteroatoms. The molecule has 1 unspecified atom stereocenters.